The van der Waals surface area contributed by atoms with E-state index >= 15 is 0 Å². The summed E-state index contributed by atoms with van der Waals surface area (Å²) in [5, 5.41) is 1.28. The minimum atomic E-state index is 0.131. The van der Waals surface area contributed by atoms with Crippen molar-refractivity contribution in [1.29, 1.82) is 0 Å². The Balaban J connectivity index is 1.56. The molecule has 0 saturated heterocycles. The summed E-state index contributed by atoms with van der Waals surface area (Å²) in [7, 11) is 0. The molecule has 146 valence electrons. The van der Waals surface area contributed by atoms with Crippen LogP contribution >= 0.6 is 11.8 Å². The van der Waals surface area contributed by atoms with Crippen LogP contribution in [0.5, 0.6) is 0 Å². The zero-order valence-electron chi connectivity index (χ0n) is 16.7. The second-order valence-corrected chi connectivity index (χ2v) is 9.01. The summed E-state index contributed by atoms with van der Waals surface area (Å²) in [5.41, 5.74) is 6.29. The topological polar surface area (TPSA) is 13.1 Å². The summed E-state index contributed by atoms with van der Waals surface area (Å²) >= 11 is 1.86. The monoisotopic (exact) mass is 415 g/mol. The Bertz CT molecular complexity index is 1420. The molecule has 3 nitrogen and oxygen atoms in total. The summed E-state index contributed by atoms with van der Waals surface area (Å²) in [4.78, 5) is 3.73. The molecule has 0 bridgehead atoms. The van der Waals surface area contributed by atoms with Gasteiger partial charge in [0.25, 0.3) is 0 Å². The first-order chi connectivity index (χ1) is 15.4. The SMILES string of the molecule is c1ccc(-c2cc3c4c(c2)N(c2ccccc2)c2cccn2B4n2cccc2S3)cc1. The van der Waals surface area contributed by atoms with E-state index in [0.717, 1.165) is 0 Å². The van der Waals surface area contributed by atoms with Crippen molar-refractivity contribution in [3.05, 3.63) is 109 Å². The maximum absolute atomic E-state index is 2.40. The van der Waals surface area contributed by atoms with Crippen LogP contribution in [-0.2, 0) is 0 Å². The number of benzene rings is 3. The molecule has 0 fully saturated rings. The van der Waals surface area contributed by atoms with E-state index < -0.39 is 0 Å². The molecule has 2 aromatic heterocycles. The summed E-state index contributed by atoms with van der Waals surface area (Å²) < 4.78 is 4.79. The predicted octanol–water partition coefficient (Wildman–Crippen LogP) is 6.00. The van der Waals surface area contributed by atoms with Crippen LogP contribution in [0.3, 0.4) is 0 Å². The smallest absolute Gasteiger partial charge is 0.362 e. The van der Waals surface area contributed by atoms with Crippen LogP contribution in [0.2, 0.25) is 0 Å². The minimum Gasteiger partial charge on any atom is -0.362 e. The Labute approximate surface area is 185 Å². The molecule has 7 rings (SSSR count). The van der Waals surface area contributed by atoms with E-state index in [2.05, 4.69) is 123 Å². The summed E-state index contributed by atoms with van der Waals surface area (Å²) in [6.07, 6.45) is 4.40. The number of hydrogen-bond donors (Lipinski definition) is 0. The zero-order chi connectivity index (χ0) is 20.4. The second kappa shape index (κ2) is 6.46. The highest BCUT2D eigenvalue weighted by Crippen LogP contribution is 2.45. The van der Waals surface area contributed by atoms with E-state index in [1.54, 1.807) is 0 Å². The number of hydrogen-bond acceptors (Lipinski definition) is 2. The Morgan fingerprint density at radius 2 is 1.39 bits per heavy atom. The van der Waals surface area contributed by atoms with Gasteiger partial charge in [-0.2, -0.15) is 0 Å². The van der Waals surface area contributed by atoms with E-state index in [9.17, 15) is 0 Å². The highest BCUT2D eigenvalue weighted by Gasteiger charge is 2.41. The van der Waals surface area contributed by atoms with E-state index in [0.29, 0.717) is 0 Å². The van der Waals surface area contributed by atoms with Crippen molar-refractivity contribution in [2.45, 2.75) is 9.92 Å². The Morgan fingerprint density at radius 1 is 0.645 bits per heavy atom. The third-order valence-electron chi connectivity index (χ3n) is 6.21. The van der Waals surface area contributed by atoms with Crippen LogP contribution in [-0.4, -0.2) is 15.9 Å². The molecular weight excluding hydrogens is 397 g/mol. The van der Waals surface area contributed by atoms with Crippen molar-refractivity contribution < 1.29 is 0 Å². The van der Waals surface area contributed by atoms with Gasteiger partial charge in [0.05, 0.1) is 5.03 Å². The van der Waals surface area contributed by atoms with Gasteiger partial charge in [-0.15, -0.1) is 0 Å². The van der Waals surface area contributed by atoms with Gasteiger partial charge in [0.1, 0.15) is 5.82 Å². The maximum Gasteiger partial charge on any atom is 0.424 e. The molecule has 0 spiro atoms. The summed E-state index contributed by atoms with van der Waals surface area (Å²) in [6.45, 7) is 0.131. The van der Waals surface area contributed by atoms with E-state index in [4.69, 9.17) is 0 Å². The van der Waals surface area contributed by atoms with Crippen molar-refractivity contribution in [1.82, 2.24) is 8.96 Å². The van der Waals surface area contributed by atoms with Crippen molar-refractivity contribution in [3.63, 3.8) is 0 Å². The predicted molar refractivity (Wildman–Crippen MR) is 129 cm³/mol. The first-order valence-corrected chi connectivity index (χ1v) is 11.3. The van der Waals surface area contributed by atoms with Crippen LogP contribution in [0.1, 0.15) is 0 Å². The van der Waals surface area contributed by atoms with Gasteiger partial charge in [-0.1, -0.05) is 60.3 Å². The average molecular weight is 415 g/mol. The molecule has 0 N–H and O–H groups in total. The molecule has 0 unspecified atom stereocenters. The average Bonchev–Trinajstić information content (AvgIpc) is 3.49. The lowest BCUT2D eigenvalue weighted by Gasteiger charge is -2.40. The Hall–Kier alpha value is -3.57. The molecule has 2 aliphatic rings. The van der Waals surface area contributed by atoms with Gasteiger partial charge in [0.2, 0.25) is 0 Å². The van der Waals surface area contributed by atoms with Crippen LogP contribution in [0.4, 0.5) is 17.2 Å². The highest BCUT2D eigenvalue weighted by atomic mass is 32.2. The number of aromatic nitrogens is 2. The van der Waals surface area contributed by atoms with E-state index in [-0.39, 0.29) is 6.98 Å². The van der Waals surface area contributed by atoms with Gasteiger partial charge >= 0.3 is 6.98 Å². The Kier molecular flexibility index (Phi) is 3.58. The lowest BCUT2D eigenvalue weighted by atomic mass is 9.64. The van der Waals surface area contributed by atoms with Crippen LogP contribution in [0, 0.1) is 0 Å². The number of fused-ring (bicyclic) bond motifs is 4. The molecule has 3 aromatic carbocycles. The second-order valence-electron chi connectivity index (χ2n) is 7.95. The molecule has 4 heterocycles. The third-order valence-corrected chi connectivity index (χ3v) is 7.32. The number of rotatable bonds is 2. The Morgan fingerprint density at radius 3 is 2.23 bits per heavy atom. The van der Waals surface area contributed by atoms with Crippen molar-refractivity contribution in [2.75, 3.05) is 4.90 Å². The molecule has 0 amide bonds. The van der Waals surface area contributed by atoms with Gasteiger partial charge in [0.15, 0.2) is 0 Å². The zero-order valence-corrected chi connectivity index (χ0v) is 17.5. The lowest BCUT2D eigenvalue weighted by molar-refractivity contribution is 0.959. The summed E-state index contributed by atoms with van der Waals surface area (Å²) in [6, 6.07) is 34.8. The normalized spacial score (nSPS) is 13.5. The minimum absolute atomic E-state index is 0.131. The number of para-hydroxylation sites is 1. The lowest BCUT2D eigenvalue weighted by Crippen LogP contribution is -2.53. The van der Waals surface area contributed by atoms with Crippen molar-refractivity contribution >= 4 is 41.4 Å². The maximum atomic E-state index is 2.40. The molecular formula is C26H18BN3S. The molecule has 31 heavy (non-hydrogen) atoms. The van der Waals surface area contributed by atoms with E-state index in [1.807, 2.05) is 11.8 Å². The fourth-order valence-corrected chi connectivity index (χ4v) is 6.03. The van der Waals surface area contributed by atoms with Crippen molar-refractivity contribution in [2.24, 2.45) is 0 Å². The first-order valence-electron chi connectivity index (χ1n) is 10.5. The molecule has 5 aromatic rings. The van der Waals surface area contributed by atoms with Gasteiger partial charge in [0, 0.05) is 21.7 Å². The number of anilines is 3. The third kappa shape index (κ3) is 2.44. The van der Waals surface area contributed by atoms with Crippen molar-refractivity contribution in [3.8, 4) is 11.1 Å². The molecule has 0 saturated carbocycles. The largest absolute Gasteiger partial charge is 0.424 e. The highest BCUT2D eigenvalue weighted by molar-refractivity contribution is 7.99. The van der Waals surface area contributed by atoms with Gasteiger partial charge in [-0.25, -0.2) is 0 Å². The molecule has 2 aliphatic heterocycles. The number of nitrogens with zero attached hydrogens (tertiary/aromatic N) is 3. The van der Waals surface area contributed by atoms with Crippen LogP contribution < -0.4 is 10.4 Å². The molecule has 5 heteroatoms. The van der Waals surface area contributed by atoms with Gasteiger partial charge in [-0.3, -0.25) is 4.90 Å². The first kappa shape index (κ1) is 17.1. The van der Waals surface area contributed by atoms with Crippen LogP contribution in [0.15, 0.2) is 119 Å². The van der Waals surface area contributed by atoms with Gasteiger partial charge in [-0.05, 0) is 72.1 Å². The van der Waals surface area contributed by atoms with Gasteiger partial charge < -0.3 is 8.96 Å². The quantitative estimate of drug-likeness (QED) is 0.322. The summed E-state index contributed by atoms with van der Waals surface area (Å²) in [5.74, 6) is 1.19. The fraction of sp³-hybridized carbons (Fsp3) is 0. The standard InChI is InChI=1S/C26H18BN3S/c1-3-9-19(10-4-1)20-17-22-26-23(18-20)31-25-14-8-16-29(25)27(26)28-15-7-13-24(28)30(22)21-11-5-2-6-12-21/h1-18H. The van der Waals surface area contributed by atoms with E-state index in [1.165, 1.54) is 43.7 Å². The molecule has 0 radical (unpaired) electrons. The molecule has 0 atom stereocenters. The molecule has 0 aliphatic carbocycles. The fourth-order valence-electron chi connectivity index (χ4n) is 4.88. The van der Waals surface area contributed by atoms with Crippen LogP contribution in [0.25, 0.3) is 11.1 Å².